The normalized spacial score (nSPS) is 11.0. The van der Waals surface area contributed by atoms with Crippen LogP contribution in [-0.2, 0) is 0 Å². The number of anilines is 1. The second-order valence-electron chi connectivity index (χ2n) is 6.14. The van der Waals surface area contributed by atoms with Gasteiger partial charge in [0.25, 0.3) is 5.91 Å². The number of aryl methyl sites for hydroxylation is 1. The molecule has 0 aliphatic rings. The zero-order valence-corrected chi connectivity index (χ0v) is 13.8. The van der Waals surface area contributed by atoms with Crippen molar-refractivity contribution in [2.24, 2.45) is 11.8 Å². The number of nitrogens with zero attached hydrogens (tertiary/aromatic N) is 2. The average molecular weight is 292 g/mol. The van der Waals surface area contributed by atoms with E-state index in [2.05, 4.69) is 24.2 Å². The van der Waals surface area contributed by atoms with Crippen molar-refractivity contribution < 1.29 is 4.79 Å². The van der Waals surface area contributed by atoms with Crippen molar-refractivity contribution in [2.75, 3.05) is 39.2 Å². The molecule has 1 aromatic rings. The molecule has 0 saturated heterocycles. The van der Waals surface area contributed by atoms with Gasteiger partial charge in [0.15, 0.2) is 0 Å². The SMILES string of the molecule is Cc1ccc(C(=O)N(CCN(C)C)CC(C)C)c(NN)c1. The van der Waals surface area contributed by atoms with Gasteiger partial charge in [0, 0.05) is 19.6 Å². The van der Waals surface area contributed by atoms with Gasteiger partial charge in [0.05, 0.1) is 11.3 Å². The highest BCUT2D eigenvalue weighted by atomic mass is 16.2. The number of benzene rings is 1. The van der Waals surface area contributed by atoms with Crippen molar-refractivity contribution in [2.45, 2.75) is 20.8 Å². The topological polar surface area (TPSA) is 61.6 Å². The summed E-state index contributed by atoms with van der Waals surface area (Å²) < 4.78 is 0. The van der Waals surface area contributed by atoms with Crippen molar-refractivity contribution in [1.29, 1.82) is 0 Å². The van der Waals surface area contributed by atoms with E-state index in [-0.39, 0.29) is 5.91 Å². The van der Waals surface area contributed by atoms with Crippen LogP contribution < -0.4 is 11.3 Å². The van der Waals surface area contributed by atoms with Crippen LogP contribution in [0.15, 0.2) is 18.2 Å². The Labute approximate surface area is 128 Å². The second-order valence-corrected chi connectivity index (χ2v) is 6.14. The lowest BCUT2D eigenvalue weighted by Crippen LogP contribution is -2.39. The van der Waals surface area contributed by atoms with Crippen LogP contribution in [0.25, 0.3) is 0 Å². The fourth-order valence-electron chi connectivity index (χ4n) is 2.17. The quantitative estimate of drug-likeness (QED) is 0.595. The first-order valence-electron chi connectivity index (χ1n) is 7.36. The summed E-state index contributed by atoms with van der Waals surface area (Å²) in [5, 5.41) is 0. The maximum atomic E-state index is 12.8. The van der Waals surface area contributed by atoms with E-state index in [0.29, 0.717) is 23.7 Å². The molecule has 0 aliphatic heterocycles. The molecular weight excluding hydrogens is 264 g/mol. The number of rotatable bonds is 7. The standard InChI is InChI=1S/C16H28N4O/c1-12(2)11-20(9-8-19(4)5)16(21)14-7-6-13(3)10-15(14)18-17/h6-7,10,12,18H,8-9,11,17H2,1-5H3. The third-order valence-electron chi connectivity index (χ3n) is 3.25. The average Bonchev–Trinajstić information content (AvgIpc) is 2.42. The predicted octanol–water partition coefficient (Wildman–Crippen LogP) is 1.94. The molecule has 0 saturated carbocycles. The van der Waals surface area contributed by atoms with Crippen LogP contribution in [-0.4, -0.2) is 49.4 Å². The molecule has 0 heterocycles. The number of carbonyl (C=O) groups excluding carboxylic acids is 1. The first-order valence-corrected chi connectivity index (χ1v) is 7.36. The first-order chi connectivity index (χ1) is 9.85. The van der Waals surface area contributed by atoms with E-state index in [9.17, 15) is 4.79 Å². The van der Waals surface area contributed by atoms with Crippen LogP contribution in [0.5, 0.6) is 0 Å². The Hall–Kier alpha value is -1.59. The zero-order valence-electron chi connectivity index (χ0n) is 13.8. The van der Waals surface area contributed by atoms with Crippen LogP contribution in [0.4, 0.5) is 5.69 Å². The Kier molecular flexibility index (Phi) is 6.65. The number of nitrogen functional groups attached to an aromatic ring is 1. The minimum absolute atomic E-state index is 0.0264. The summed E-state index contributed by atoms with van der Waals surface area (Å²) >= 11 is 0. The molecule has 0 radical (unpaired) electrons. The molecule has 0 aliphatic carbocycles. The maximum absolute atomic E-state index is 12.8. The Balaban J connectivity index is 2.98. The van der Waals surface area contributed by atoms with E-state index < -0.39 is 0 Å². The van der Waals surface area contributed by atoms with Crippen LogP contribution in [0.1, 0.15) is 29.8 Å². The molecule has 1 aromatic carbocycles. The van der Waals surface area contributed by atoms with E-state index in [1.807, 2.05) is 44.1 Å². The van der Waals surface area contributed by atoms with Gasteiger partial charge in [0.1, 0.15) is 0 Å². The number of nitrogens with two attached hydrogens (primary N) is 1. The molecule has 5 nitrogen and oxygen atoms in total. The number of carbonyl (C=O) groups is 1. The summed E-state index contributed by atoms with van der Waals surface area (Å²) in [4.78, 5) is 16.8. The Morgan fingerprint density at radius 3 is 2.48 bits per heavy atom. The summed E-state index contributed by atoms with van der Waals surface area (Å²) in [6.07, 6.45) is 0. The molecular formula is C16H28N4O. The molecule has 1 rings (SSSR count). The van der Waals surface area contributed by atoms with E-state index in [4.69, 9.17) is 5.84 Å². The summed E-state index contributed by atoms with van der Waals surface area (Å²) in [5.41, 5.74) is 5.01. The Bertz CT molecular complexity index is 471. The highest BCUT2D eigenvalue weighted by Gasteiger charge is 2.19. The lowest BCUT2D eigenvalue weighted by molar-refractivity contribution is 0.0725. The van der Waals surface area contributed by atoms with Gasteiger partial charge in [-0.05, 0) is 44.6 Å². The summed E-state index contributed by atoms with van der Waals surface area (Å²) in [7, 11) is 4.02. The molecule has 0 atom stereocenters. The fourth-order valence-corrected chi connectivity index (χ4v) is 2.17. The van der Waals surface area contributed by atoms with Gasteiger partial charge in [-0.1, -0.05) is 19.9 Å². The van der Waals surface area contributed by atoms with Crippen molar-refractivity contribution in [3.05, 3.63) is 29.3 Å². The van der Waals surface area contributed by atoms with E-state index >= 15 is 0 Å². The van der Waals surface area contributed by atoms with Gasteiger partial charge in [0.2, 0.25) is 0 Å². The smallest absolute Gasteiger partial charge is 0.256 e. The van der Waals surface area contributed by atoms with Gasteiger partial charge in [-0.2, -0.15) is 0 Å². The number of hydrogen-bond acceptors (Lipinski definition) is 4. The van der Waals surface area contributed by atoms with Gasteiger partial charge >= 0.3 is 0 Å². The Morgan fingerprint density at radius 2 is 1.95 bits per heavy atom. The third-order valence-corrected chi connectivity index (χ3v) is 3.25. The van der Waals surface area contributed by atoms with Gasteiger partial charge < -0.3 is 15.2 Å². The third kappa shape index (κ3) is 5.36. The van der Waals surface area contributed by atoms with Crippen molar-refractivity contribution in [3.63, 3.8) is 0 Å². The number of nitrogens with one attached hydrogen (secondary N) is 1. The Morgan fingerprint density at radius 1 is 1.29 bits per heavy atom. The largest absolute Gasteiger partial charge is 0.337 e. The van der Waals surface area contributed by atoms with E-state index in [1.165, 1.54) is 0 Å². The number of hydrogen-bond donors (Lipinski definition) is 2. The molecule has 5 heteroatoms. The molecule has 0 aromatic heterocycles. The highest BCUT2D eigenvalue weighted by molar-refractivity contribution is 5.99. The molecule has 118 valence electrons. The minimum Gasteiger partial charge on any atom is -0.337 e. The fraction of sp³-hybridized carbons (Fsp3) is 0.562. The number of likely N-dealkylation sites (N-methyl/N-ethyl adjacent to an activating group) is 1. The summed E-state index contributed by atoms with van der Waals surface area (Å²) in [6.45, 7) is 8.51. The van der Waals surface area contributed by atoms with Gasteiger partial charge in [-0.25, -0.2) is 0 Å². The first kappa shape index (κ1) is 17.5. The van der Waals surface area contributed by atoms with Gasteiger partial charge in [-0.3, -0.25) is 10.6 Å². The number of hydrazine groups is 1. The molecule has 0 fully saturated rings. The van der Waals surface area contributed by atoms with E-state index in [0.717, 1.165) is 18.7 Å². The number of amides is 1. The molecule has 1 amide bonds. The zero-order chi connectivity index (χ0) is 16.0. The van der Waals surface area contributed by atoms with Crippen molar-refractivity contribution in [3.8, 4) is 0 Å². The van der Waals surface area contributed by atoms with Crippen LogP contribution in [0.2, 0.25) is 0 Å². The molecule has 0 unspecified atom stereocenters. The maximum Gasteiger partial charge on any atom is 0.256 e. The van der Waals surface area contributed by atoms with Crippen LogP contribution in [0.3, 0.4) is 0 Å². The molecule has 0 bridgehead atoms. The second kappa shape index (κ2) is 8.00. The molecule has 0 spiro atoms. The lowest BCUT2D eigenvalue weighted by Gasteiger charge is -2.27. The predicted molar refractivity (Wildman–Crippen MR) is 88.3 cm³/mol. The summed E-state index contributed by atoms with van der Waals surface area (Å²) in [5.74, 6) is 6.01. The van der Waals surface area contributed by atoms with Crippen LogP contribution in [0, 0.1) is 12.8 Å². The summed E-state index contributed by atoms with van der Waals surface area (Å²) in [6, 6.07) is 5.68. The molecule has 3 N–H and O–H groups in total. The van der Waals surface area contributed by atoms with Crippen LogP contribution >= 0.6 is 0 Å². The van der Waals surface area contributed by atoms with Crippen molar-refractivity contribution >= 4 is 11.6 Å². The highest BCUT2D eigenvalue weighted by Crippen LogP contribution is 2.19. The minimum atomic E-state index is 0.0264. The molecule has 21 heavy (non-hydrogen) atoms. The lowest BCUT2D eigenvalue weighted by atomic mass is 10.1. The monoisotopic (exact) mass is 292 g/mol. The van der Waals surface area contributed by atoms with E-state index in [1.54, 1.807) is 0 Å². The van der Waals surface area contributed by atoms with Crippen molar-refractivity contribution in [1.82, 2.24) is 9.80 Å². The van der Waals surface area contributed by atoms with Gasteiger partial charge in [-0.15, -0.1) is 0 Å².